The fourth-order valence-corrected chi connectivity index (χ4v) is 1.74. The monoisotopic (exact) mass is 221 g/mol. The molecular formula is C11H15N3O2. The third-order valence-corrected chi connectivity index (χ3v) is 2.71. The third-order valence-electron chi connectivity index (χ3n) is 2.71. The van der Waals surface area contributed by atoms with Gasteiger partial charge in [-0.25, -0.2) is 4.98 Å². The van der Waals surface area contributed by atoms with Gasteiger partial charge in [0.15, 0.2) is 0 Å². The highest BCUT2D eigenvalue weighted by atomic mass is 16.5. The van der Waals surface area contributed by atoms with Crippen LogP contribution in [0.3, 0.4) is 0 Å². The van der Waals surface area contributed by atoms with Crippen LogP contribution in [0.25, 0.3) is 0 Å². The molecule has 1 aliphatic heterocycles. The van der Waals surface area contributed by atoms with Gasteiger partial charge in [0.05, 0.1) is 19.0 Å². The van der Waals surface area contributed by atoms with E-state index in [9.17, 15) is 4.79 Å². The van der Waals surface area contributed by atoms with E-state index in [0.29, 0.717) is 5.88 Å². The normalized spacial score (nSPS) is 20.0. The van der Waals surface area contributed by atoms with Crippen molar-refractivity contribution in [2.24, 2.45) is 0 Å². The van der Waals surface area contributed by atoms with E-state index in [2.05, 4.69) is 10.3 Å². The van der Waals surface area contributed by atoms with E-state index in [1.807, 2.05) is 13.1 Å². The molecule has 5 nitrogen and oxygen atoms in total. The van der Waals surface area contributed by atoms with Gasteiger partial charge in [0.25, 0.3) is 0 Å². The molecule has 86 valence electrons. The summed E-state index contributed by atoms with van der Waals surface area (Å²) in [7, 11) is 3.39. The lowest BCUT2D eigenvalue weighted by atomic mass is 10.2. The number of carbonyl (C=O) groups excluding carboxylic acids is 1. The molecule has 2 rings (SSSR count). The number of nitrogens with one attached hydrogen (secondary N) is 1. The molecule has 0 saturated carbocycles. The number of nitrogens with zero attached hydrogens (tertiary/aromatic N) is 2. The zero-order valence-electron chi connectivity index (χ0n) is 9.43. The standard InChI is InChI=1S/C11H15N3O2/c1-14-6-5-9(11(14)15)13-8-3-4-10(16-2)12-7-8/h3-4,7,9,13H,5-6H2,1-2H3/t9-/m0/s1. The Morgan fingerprint density at radius 3 is 2.88 bits per heavy atom. The van der Waals surface area contributed by atoms with E-state index in [1.165, 1.54) is 0 Å². The second-order valence-electron chi connectivity index (χ2n) is 3.83. The van der Waals surface area contributed by atoms with Crippen molar-refractivity contribution in [3.8, 4) is 5.88 Å². The van der Waals surface area contributed by atoms with Crippen LogP contribution in [0.4, 0.5) is 5.69 Å². The second-order valence-corrected chi connectivity index (χ2v) is 3.83. The van der Waals surface area contributed by atoms with E-state index in [1.54, 1.807) is 24.3 Å². The molecule has 0 radical (unpaired) electrons. The summed E-state index contributed by atoms with van der Waals surface area (Å²) < 4.78 is 4.96. The van der Waals surface area contributed by atoms with Crippen molar-refractivity contribution >= 4 is 11.6 Å². The van der Waals surface area contributed by atoms with Crippen LogP contribution in [0.1, 0.15) is 6.42 Å². The lowest BCUT2D eigenvalue weighted by Crippen LogP contribution is -2.30. The van der Waals surface area contributed by atoms with Crippen LogP contribution >= 0.6 is 0 Å². The highest BCUT2D eigenvalue weighted by molar-refractivity contribution is 5.86. The maximum Gasteiger partial charge on any atom is 0.244 e. The first-order valence-corrected chi connectivity index (χ1v) is 5.22. The van der Waals surface area contributed by atoms with Crippen LogP contribution in [0.5, 0.6) is 5.88 Å². The molecule has 1 atom stereocenters. The predicted molar refractivity (Wildman–Crippen MR) is 60.5 cm³/mol. The molecule has 1 N–H and O–H groups in total. The Morgan fingerprint density at radius 2 is 2.38 bits per heavy atom. The average Bonchev–Trinajstić information content (AvgIpc) is 2.62. The molecule has 0 aromatic carbocycles. The van der Waals surface area contributed by atoms with Crippen LogP contribution in [0.15, 0.2) is 18.3 Å². The second kappa shape index (κ2) is 4.38. The molecule has 1 amide bonds. The van der Waals surface area contributed by atoms with Crippen molar-refractivity contribution in [1.82, 2.24) is 9.88 Å². The molecule has 5 heteroatoms. The number of likely N-dealkylation sites (tertiary alicyclic amines) is 1. The van der Waals surface area contributed by atoms with Gasteiger partial charge in [0.2, 0.25) is 11.8 Å². The Labute approximate surface area is 94.4 Å². The highest BCUT2D eigenvalue weighted by Crippen LogP contribution is 2.16. The van der Waals surface area contributed by atoms with Crippen LogP contribution < -0.4 is 10.1 Å². The van der Waals surface area contributed by atoms with Crippen LogP contribution in [-0.4, -0.2) is 42.5 Å². The van der Waals surface area contributed by atoms with Gasteiger partial charge in [-0.05, 0) is 12.5 Å². The van der Waals surface area contributed by atoms with E-state index in [4.69, 9.17) is 4.74 Å². The van der Waals surface area contributed by atoms with E-state index in [-0.39, 0.29) is 11.9 Å². The average molecular weight is 221 g/mol. The number of pyridine rings is 1. The number of amides is 1. The number of carbonyl (C=O) groups is 1. The molecule has 1 aliphatic rings. The Balaban J connectivity index is 2.01. The van der Waals surface area contributed by atoms with Crippen LogP contribution in [0, 0.1) is 0 Å². The number of aromatic nitrogens is 1. The van der Waals surface area contributed by atoms with Crippen molar-refractivity contribution in [3.05, 3.63) is 18.3 Å². The lowest BCUT2D eigenvalue weighted by molar-refractivity contribution is -0.127. The Hall–Kier alpha value is -1.78. The fraction of sp³-hybridized carbons (Fsp3) is 0.455. The van der Waals surface area contributed by atoms with Gasteiger partial charge in [-0.2, -0.15) is 0 Å². The summed E-state index contributed by atoms with van der Waals surface area (Å²) in [5.74, 6) is 0.705. The molecule has 0 bridgehead atoms. The molecule has 0 spiro atoms. The smallest absolute Gasteiger partial charge is 0.244 e. The molecule has 0 aliphatic carbocycles. The minimum atomic E-state index is -0.125. The van der Waals surface area contributed by atoms with Gasteiger partial charge in [0.1, 0.15) is 6.04 Å². The molecule has 1 aromatic rings. The number of hydrogen-bond acceptors (Lipinski definition) is 4. The van der Waals surface area contributed by atoms with Gasteiger partial charge in [-0.3, -0.25) is 4.79 Å². The first-order chi connectivity index (χ1) is 7.70. The van der Waals surface area contributed by atoms with Crippen LogP contribution in [-0.2, 0) is 4.79 Å². The largest absolute Gasteiger partial charge is 0.481 e. The summed E-state index contributed by atoms with van der Waals surface area (Å²) in [5, 5.41) is 3.16. The number of ether oxygens (including phenoxy) is 1. The number of rotatable bonds is 3. The molecular weight excluding hydrogens is 206 g/mol. The number of likely N-dealkylation sites (N-methyl/N-ethyl adjacent to an activating group) is 1. The summed E-state index contributed by atoms with van der Waals surface area (Å²) >= 11 is 0. The molecule has 0 unspecified atom stereocenters. The van der Waals surface area contributed by atoms with Crippen molar-refractivity contribution in [2.45, 2.75) is 12.5 Å². The minimum absolute atomic E-state index is 0.125. The minimum Gasteiger partial charge on any atom is -0.481 e. The summed E-state index contributed by atoms with van der Waals surface area (Å²) in [5.41, 5.74) is 0.842. The Morgan fingerprint density at radius 1 is 1.56 bits per heavy atom. The topological polar surface area (TPSA) is 54.5 Å². The van der Waals surface area contributed by atoms with Gasteiger partial charge in [-0.15, -0.1) is 0 Å². The van der Waals surface area contributed by atoms with Gasteiger partial charge in [0, 0.05) is 19.7 Å². The summed E-state index contributed by atoms with van der Waals surface area (Å²) in [6.45, 7) is 0.806. The highest BCUT2D eigenvalue weighted by Gasteiger charge is 2.28. The lowest BCUT2D eigenvalue weighted by Gasteiger charge is -2.13. The van der Waals surface area contributed by atoms with Crippen molar-refractivity contribution in [3.63, 3.8) is 0 Å². The maximum absolute atomic E-state index is 11.7. The van der Waals surface area contributed by atoms with Crippen molar-refractivity contribution in [2.75, 3.05) is 26.0 Å². The number of hydrogen-bond donors (Lipinski definition) is 1. The first kappa shape index (κ1) is 10.7. The van der Waals surface area contributed by atoms with Crippen LogP contribution in [0.2, 0.25) is 0 Å². The van der Waals surface area contributed by atoms with Crippen molar-refractivity contribution in [1.29, 1.82) is 0 Å². The SMILES string of the molecule is COc1ccc(N[C@H]2CCN(C)C2=O)cn1. The summed E-state index contributed by atoms with van der Waals surface area (Å²) in [6, 6.07) is 3.50. The Bertz CT molecular complexity index is 377. The summed E-state index contributed by atoms with van der Waals surface area (Å²) in [6.07, 6.45) is 2.51. The first-order valence-electron chi connectivity index (χ1n) is 5.22. The van der Waals surface area contributed by atoms with E-state index < -0.39 is 0 Å². The molecule has 1 saturated heterocycles. The Kier molecular flexibility index (Phi) is 2.94. The van der Waals surface area contributed by atoms with E-state index >= 15 is 0 Å². The van der Waals surface area contributed by atoms with Crippen molar-refractivity contribution < 1.29 is 9.53 Å². The van der Waals surface area contributed by atoms with E-state index in [0.717, 1.165) is 18.7 Å². The zero-order valence-corrected chi connectivity index (χ0v) is 9.43. The van der Waals surface area contributed by atoms with Gasteiger partial charge in [-0.1, -0.05) is 0 Å². The molecule has 16 heavy (non-hydrogen) atoms. The third kappa shape index (κ3) is 2.08. The molecule has 1 aromatic heterocycles. The summed E-state index contributed by atoms with van der Waals surface area (Å²) in [4.78, 5) is 17.5. The molecule has 1 fully saturated rings. The number of methoxy groups -OCH3 is 1. The molecule has 2 heterocycles. The van der Waals surface area contributed by atoms with Gasteiger partial charge < -0.3 is 15.0 Å². The quantitative estimate of drug-likeness (QED) is 0.817. The zero-order chi connectivity index (χ0) is 11.5. The predicted octanol–water partition coefficient (Wildman–Crippen LogP) is 0.733. The maximum atomic E-state index is 11.7. The number of anilines is 1. The van der Waals surface area contributed by atoms with Gasteiger partial charge >= 0.3 is 0 Å². The fourth-order valence-electron chi connectivity index (χ4n) is 1.74.